The number of ether oxygens (including phenoxy) is 2. The lowest BCUT2D eigenvalue weighted by Gasteiger charge is -2.07. The maximum absolute atomic E-state index is 5.50. The Morgan fingerprint density at radius 1 is 1.06 bits per heavy atom. The quantitative estimate of drug-likeness (QED) is 0.784. The first-order valence-electron chi connectivity index (χ1n) is 4.92. The van der Waals surface area contributed by atoms with E-state index in [2.05, 4.69) is 9.97 Å². The average molecular weight is 216 g/mol. The molecule has 0 unspecified atom stereocenters. The van der Waals surface area contributed by atoms with Crippen LogP contribution in [-0.4, -0.2) is 17.1 Å². The molecule has 0 spiro atoms. The van der Waals surface area contributed by atoms with Crippen LogP contribution in [0.25, 0.3) is 0 Å². The average Bonchev–Trinajstić information content (AvgIpc) is 2.38. The van der Waals surface area contributed by atoms with Crippen LogP contribution in [0.3, 0.4) is 0 Å². The standard InChI is InChI=1S/C12H12N2O2/c1-15-12-10(5-4-8-14-12)9-16-11-6-2-3-7-13-11/h2-8H,9H2,1H3. The first-order chi connectivity index (χ1) is 7.90. The lowest BCUT2D eigenvalue weighted by atomic mass is 10.3. The highest BCUT2D eigenvalue weighted by Crippen LogP contribution is 2.15. The lowest BCUT2D eigenvalue weighted by Crippen LogP contribution is -2.00. The van der Waals surface area contributed by atoms with Gasteiger partial charge in [0.15, 0.2) is 0 Å². The Kier molecular flexibility index (Phi) is 3.33. The van der Waals surface area contributed by atoms with Crippen molar-refractivity contribution in [2.24, 2.45) is 0 Å². The fourth-order valence-electron chi connectivity index (χ4n) is 1.30. The smallest absolute Gasteiger partial charge is 0.219 e. The number of pyridine rings is 2. The van der Waals surface area contributed by atoms with E-state index in [-0.39, 0.29) is 0 Å². The summed E-state index contributed by atoms with van der Waals surface area (Å²) in [5.41, 5.74) is 0.899. The summed E-state index contributed by atoms with van der Waals surface area (Å²) in [7, 11) is 1.59. The van der Waals surface area contributed by atoms with Crippen LogP contribution in [0.5, 0.6) is 11.8 Å². The molecule has 2 aromatic rings. The number of hydrogen-bond acceptors (Lipinski definition) is 4. The molecule has 0 aliphatic rings. The van der Waals surface area contributed by atoms with Crippen molar-refractivity contribution in [3.8, 4) is 11.8 Å². The molecule has 4 nitrogen and oxygen atoms in total. The molecule has 0 bridgehead atoms. The van der Waals surface area contributed by atoms with Crippen molar-refractivity contribution in [2.45, 2.75) is 6.61 Å². The molecule has 0 saturated carbocycles. The summed E-state index contributed by atoms with van der Waals surface area (Å²) >= 11 is 0. The Morgan fingerprint density at radius 3 is 2.69 bits per heavy atom. The van der Waals surface area contributed by atoms with E-state index >= 15 is 0 Å². The van der Waals surface area contributed by atoms with Crippen LogP contribution in [0.2, 0.25) is 0 Å². The van der Waals surface area contributed by atoms with Crippen molar-refractivity contribution >= 4 is 0 Å². The van der Waals surface area contributed by atoms with Gasteiger partial charge in [-0.05, 0) is 18.2 Å². The molecule has 0 aromatic carbocycles. The van der Waals surface area contributed by atoms with E-state index in [1.54, 1.807) is 19.5 Å². The molecule has 0 fully saturated rings. The summed E-state index contributed by atoms with van der Waals surface area (Å²) in [5.74, 6) is 1.17. The van der Waals surface area contributed by atoms with Crippen molar-refractivity contribution in [1.82, 2.24) is 9.97 Å². The van der Waals surface area contributed by atoms with Gasteiger partial charge in [0.05, 0.1) is 12.7 Å². The van der Waals surface area contributed by atoms with Gasteiger partial charge in [0.1, 0.15) is 6.61 Å². The maximum Gasteiger partial charge on any atom is 0.219 e. The van der Waals surface area contributed by atoms with Gasteiger partial charge < -0.3 is 9.47 Å². The third-order valence-corrected chi connectivity index (χ3v) is 2.06. The molecule has 0 aliphatic heterocycles. The SMILES string of the molecule is COc1ncccc1COc1ccccn1. The van der Waals surface area contributed by atoms with E-state index in [0.29, 0.717) is 18.4 Å². The van der Waals surface area contributed by atoms with Crippen molar-refractivity contribution in [2.75, 3.05) is 7.11 Å². The number of aromatic nitrogens is 2. The fourth-order valence-corrected chi connectivity index (χ4v) is 1.30. The zero-order valence-electron chi connectivity index (χ0n) is 8.96. The molecule has 0 saturated heterocycles. The summed E-state index contributed by atoms with van der Waals surface area (Å²) in [5, 5.41) is 0. The number of hydrogen-bond donors (Lipinski definition) is 0. The number of rotatable bonds is 4. The monoisotopic (exact) mass is 216 g/mol. The zero-order chi connectivity index (χ0) is 11.2. The van der Waals surface area contributed by atoms with Gasteiger partial charge in [-0.2, -0.15) is 0 Å². The van der Waals surface area contributed by atoms with Crippen LogP contribution < -0.4 is 9.47 Å². The normalized spacial score (nSPS) is 9.81. The molecule has 0 atom stereocenters. The first-order valence-corrected chi connectivity index (χ1v) is 4.92. The summed E-state index contributed by atoms with van der Waals surface area (Å²) in [6.45, 7) is 0.397. The molecule has 2 aromatic heterocycles. The van der Waals surface area contributed by atoms with Gasteiger partial charge in [0.2, 0.25) is 11.8 Å². The molecular formula is C12H12N2O2. The number of methoxy groups -OCH3 is 1. The summed E-state index contributed by atoms with van der Waals surface area (Å²) in [6.07, 6.45) is 3.37. The fraction of sp³-hybridized carbons (Fsp3) is 0.167. The van der Waals surface area contributed by atoms with Gasteiger partial charge in [-0.1, -0.05) is 6.07 Å². The van der Waals surface area contributed by atoms with E-state index in [1.165, 1.54) is 0 Å². The Balaban J connectivity index is 2.05. The summed E-state index contributed by atoms with van der Waals surface area (Å²) in [4.78, 5) is 8.15. The molecule has 0 N–H and O–H groups in total. The second-order valence-electron chi connectivity index (χ2n) is 3.13. The van der Waals surface area contributed by atoms with Crippen LogP contribution in [0.4, 0.5) is 0 Å². The summed E-state index contributed by atoms with van der Waals surface area (Å²) in [6, 6.07) is 9.29. The molecule has 82 valence electrons. The van der Waals surface area contributed by atoms with Gasteiger partial charge in [-0.3, -0.25) is 0 Å². The van der Waals surface area contributed by atoms with Crippen molar-refractivity contribution in [3.05, 3.63) is 48.3 Å². The van der Waals surface area contributed by atoms with E-state index in [1.807, 2.05) is 30.3 Å². The van der Waals surface area contributed by atoms with Gasteiger partial charge in [-0.25, -0.2) is 9.97 Å². The van der Waals surface area contributed by atoms with Crippen LogP contribution in [0.1, 0.15) is 5.56 Å². The van der Waals surface area contributed by atoms with Crippen LogP contribution in [0, 0.1) is 0 Å². The van der Waals surface area contributed by atoms with E-state index in [9.17, 15) is 0 Å². The molecule has 0 amide bonds. The maximum atomic E-state index is 5.50. The topological polar surface area (TPSA) is 44.2 Å². The minimum atomic E-state index is 0.397. The number of nitrogens with zero attached hydrogens (tertiary/aromatic N) is 2. The Hall–Kier alpha value is -2.10. The lowest BCUT2D eigenvalue weighted by molar-refractivity contribution is 0.283. The van der Waals surface area contributed by atoms with Crippen molar-refractivity contribution in [3.63, 3.8) is 0 Å². The van der Waals surface area contributed by atoms with Crippen LogP contribution in [0.15, 0.2) is 42.7 Å². The predicted molar refractivity (Wildman–Crippen MR) is 59.4 cm³/mol. The largest absolute Gasteiger partial charge is 0.481 e. The molecule has 4 heteroatoms. The molecular weight excluding hydrogens is 204 g/mol. The Bertz CT molecular complexity index is 446. The predicted octanol–water partition coefficient (Wildman–Crippen LogP) is 2.06. The minimum absolute atomic E-state index is 0.397. The van der Waals surface area contributed by atoms with Gasteiger partial charge >= 0.3 is 0 Å². The van der Waals surface area contributed by atoms with Gasteiger partial charge in [-0.15, -0.1) is 0 Å². The second-order valence-corrected chi connectivity index (χ2v) is 3.13. The first kappa shape index (κ1) is 10.4. The molecule has 0 radical (unpaired) electrons. The van der Waals surface area contributed by atoms with Gasteiger partial charge in [0, 0.05) is 18.5 Å². The van der Waals surface area contributed by atoms with Crippen molar-refractivity contribution in [1.29, 1.82) is 0 Å². The van der Waals surface area contributed by atoms with E-state index < -0.39 is 0 Å². The Morgan fingerprint density at radius 2 is 1.94 bits per heavy atom. The molecule has 2 rings (SSSR count). The van der Waals surface area contributed by atoms with E-state index in [4.69, 9.17) is 9.47 Å². The van der Waals surface area contributed by atoms with Crippen LogP contribution >= 0.6 is 0 Å². The van der Waals surface area contributed by atoms with Crippen LogP contribution in [-0.2, 0) is 6.61 Å². The van der Waals surface area contributed by atoms with Gasteiger partial charge in [0.25, 0.3) is 0 Å². The summed E-state index contributed by atoms with van der Waals surface area (Å²) < 4.78 is 10.6. The third kappa shape index (κ3) is 2.48. The highest BCUT2D eigenvalue weighted by molar-refractivity contribution is 5.25. The Labute approximate surface area is 93.9 Å². The highest BCUT2D eigenvalue weighted by Gasteiger charge is 2.03. The zero-order valence-corrected chi connectivity index (χ0v) is 8.96. The molecule has 0 aliphatic carbocycles. The molecule has 16 heavy (non-hydrogen) atoms. The third-order valence-electron chi connectivity index (χ3n) is 2.06. The van der Waals surface area contributed by atoms with E-state index in [0.717, 1.165) is 5.56 Å². The highest BCUT2D eigenvalue weighted by atomic mass is 16.5. The minimum Gasteiger partial charge on any atom is -0.481 e. The second kappa shape index (κ2) is 5.11. The van der Waals surface area contributed by atoms with Crippen molar-refractivity contribution < 1.29 is 9.47 Å². The molecule has 2 heterocycles.